The van der Waals surface area contributed by atoms with E-state index in [1.807, 2.05) is 20.8 Å². The maximum atomic E-state index is 12.1. The third-order valence-corrected chi connectivity index (χ3v) is 2.74. The number of nitrogens with zero attached hydrogens (tertiary/aromatic N) is 1. The molecule has 1 heterocycles. The van der Waals surface area contributed by atoms with E-state index < -0.39 is 17.2 Å². The fourth-order valence-electron chi connectivity index (χ4n) is 1.99. The van der Waals surface area contributed by atoms with E-state index in [2.05, 4.69) is 0 Å². The van der Waals surface area contributed by atoms with Gasteiger partial charge in [-0.05, 0) is 47.5 Å². The molecule has 2 N–H and O–H groups in total. The molecule has 1 amide bonds. The average molecular weight is 256 g/mol. The lowest BCUT2D eigenvalue weighted by molar-refractivity contribution is -0.164. The summed E-state index contributed by atoms with van der Waals surface area (Å²) in [6, 6.07) is -0.487. The summed E-state index contributed by atoms with van der Waals surface area (Å²) in [6.45, 7) is 9.33. The second kappa shape index (κ2) is 4.88. The van der Waals surface area contributed by atoms with Crippen molar-refractivity contribution in [2.75, 3.05) is 6.54 Å². The number of hydrogen-bond donors (Lipinski definition) is 1. The van der Waals surface area contributed by atoms with Crippen LogP contribution in [0.2, 0.25) is 0 Å². The number of nitrogens with two attached hydrogens (primary N) is 1. The normalized spacial score (nSPS) is 21.0. The van der Waals surface area contributed by atoms with Crippen LogP contribution in [0.4, 0.5) is 0 Å². The second-order valence-corrected chi connectivity index (χ2v) is 6.41. The number of hydrogen-bond acceptors (Lipinski definition) is 4. The van der Waals surface area contributed by atoms with Gasteiger partial charge in [-0.1, -0.05) is 0 Å². The Bertz CT molecular complexity index is 339. The summed E-state index contributed by atoms with van der Waals surface area (Å²) < 4.78 is 5.34. The molecule has 18 heavy (non-hydrogen) atoms. The topological polar surface area (TPSA) is 72.6 Å². The molecule has 5 heteroatoms. The summed E-state index contributed by atoms with van der Waals surface area (Å²) in [4.78, 5) is 25.7. The number of ether oxygens (including phenoxy) is 1. The minimum absolute atomic E-state index is 0.198. The number of rotatable bonds is 2. The number of carbonyl (C=O) groups excluding carboxylic acids is 2. The van der Waals surface area contributed by atoms with Crippen molar-refractivity contribution < 1.29 is 14.3 Å². The molecule has 1 aliphatic rings. The second-order valence-electron chi connectivity index (χ2n) is 6.41. The first kappa shape index (κ1) is 15.0. The molecule has 1 atom stereocenters. The van der Waals surface area contributed by atoms with Gasteiger partial charge in [0, 0.05) is 6.54 Å². The van der Waals surface area contributed by atoms with Gasteiger partial charge in [0.15, 0.2) is 0 Å². The van der Waals surface area contributed by atoms with Gasteiger partial charge in [0.1, 0.15) is 11.6 Å². The number of likely N-dealkylation sites (tertiary alicyclic amines) is 1. The lowest BCUT2D eigenvalue weighted by Gasteiger charge is -2.31. The van der Waals surface area contributed by atoms with Crippen LogP contribution < -0.4 is 5.73 Å². The Labute approximate surface area is 109 Å². The SMILES string of the molecule is CC(C)(C)OC(=O)C1CCCN1C(=O)C(C)(C)N. The summed E-state index contributed by atoms with van der Waals surface area (Å²) in [6.07, 6.45) is 1.46. The highest BCUT2D eigenvalue weighted by Gasteiger charge is 2.40. The van der Waals surface area contributed by atoms with Crippen LogP contribution in [-0.4, -0.2) is 40.5 Å². The minimum Gasteiger partial charge on any atom is -0.458 e. The monoisotopic (exact) mass is 256 g/mol. The zero-order valence-corrected chi connectivity index (χ0v) is 11.9. The van der Waals surface area contributed by atoms with Gasteiger partial charge >= 0.3 is 5.97 Å². The zero-order valence-electron chi connectivity index (χ0n) is 11.9. The first-order chi connectivity index (χ1) is 8.02. The molecule has 0 radical (unpaired) electrons. The van der Waals surface area contributed by atoms with Gasteiger partial charge in [0.25, 0.3) is 0 Å². The van der Waals surface area contributed by atoms with Crippen LogP contribution in [0.5, 0.6) is 0 Å². The number of esters is 1. The highest BCUT2D eigenvalue weighted by Crippen LogP contribution is 2.23. The first-order valence-electron chi connectivity index (χ1n) is 6.35. The van der Waals surface area contributed by atoms with E-state index in [0.717, 1.165) is 6.42 Å². The average Bonchev–Trinajstić information content (AvgIpc) is 2.60. The van der Waals surface area contributed by atoms with Gasteiger partial charge in [-0.2, -0.15) is 0 Å². The van der Waals surface area contributed by atoms with Gasteiger partial charge in [-0.3, -0.25) is 4.79 Å². The molecule has 0 bridgehead atoms. The summed E-state index contributed by atoms with van der Waals surface area (Å²) in [5.41, 5.74) is 4.32. The Morgan fingerprint density at radius 1 is 1.22 bits per heavy atom. The minimum atomic E-state index is -0.954. The van der Waals surface area contributed by atoms with Crippen LogP contribution in [0.15, 0.2) is 0 Å². The standard InChI is InChI=1S/C13H24N2O3/c1-12(2,3)18-10(16)9-7-6-8-15(9)11(17)13(4,5)14/h9H,6-8,14H2,1-5H3. The van der Waals surface area contributed by atoms with Crippen molar-refractivity contribution in [2.24, 2.45) is 5.73 Å². The molecule has 0 aromatic heterocycles. The van der Waals surface area contributed by atoms with E-state index in [9.17, 15) is 9.59 Å². The third kappa shape index (κ3) is 3.70. The molecular formula is C13H24N2O3. The molecular weight excluding hydrogens is 232 g/mol. The Kier molecular flexibility index (Phi) is 4.05. The van der Waals surface area contributed by atoms with Crippen LogP contribution in [0, 0.1) is 0 Å². The predicted molar refractivity (Wildman–Crippen MR) is 68.8 cm³/mol. The molecule has 0 aromatic rings. The van der Waals surface area contributed by atoms with Crippen LogP contribution >= 0.6 is 0 Å². The van der Waals surface area contributed by atoms with Crippen LogP contribution in [0.25, 0.3) is 0 Å². The van der Waals surface area contributed by atoms with Gasteiger partial charge < -0.3 is 15.4 Å². The van der Waals surface area contributed by atoms with Crippen molar-refractivity contribution in [1.29, 1.82) is 0 Å². The molecule has 0 spiro atoms. The third-order valence-electron chi connectivity index (χ3n) is 2.74. The Morgan fingerprint density at radius 2 is 1.78 bits per heavy atom. The predicted octanol–water partition coefficient (Wildman–Crippen LogP) is 1.06. The Morgan fingerprint density at radius 3 is 2.22 bits per heavy atom. The van der Waals surface area contributed by atoms with Gasteiger partial charge in [-0.15, -0.1) is 0 Å². The maximum Gasteiger partial charge on any atom is 0.329 e. The molecule has 1 rings (SSSR count). The number of amides is 1. The Balaban J connectivity index is 2.77. The molecule has 1 aliphatic heterocycles. The van der Waals surface area contributed by atoms with Crippen molar-refractivity contribution >= 4 is 11.9 Å². The molecule has 0 aliphatic carbocycles. The Hall–Kier alpha value is -1.10. The van der Waals surface area contributed by atoms with E-state index in [1.54, 1.807) is 18.7 Å². The molecule has 104 valence electrons. The fraction of sp³-hybridized carbons (Fsp3) is 0.846. The van der Waals surface area contributed by atoms with E-state index in [0.29, 0.717) is 13.0 Å². The van der Waals surface area contributed by atoms with Crippen molar-refractivity contribution in [3.05, 3.63) is 0 Å². The van der Waals surface area contributed by atoms with E-state index >= 15 is 0 Å². The molecule has 0 aromatic carbocycles. The summed E-state index contributed by atoms with van der Waals surface area (Å²) in [7, 11) is 0. The van der Waals surface area contributed by atoms with Crippen LogP contribution in [0.3, 0.4) is 0 Å². The van der Waals surface area contributed by atoms with Gasteiger partial charge in [-0.25, -0.2) is 4.79 Å². The smallest absolute Gasteiger partial charge is 0.329 e. The van der Waals surface area contributed by atoms with E-state index in [4.69, 9.17) is 10.5 Å². The summed E-state index contributed by atoms with van der Waals surface area (Å²) in [5, 5.41) is 0. The number of carbonyl (C=O) groups is 2. The largest absolute Gasteiger partial charge is 0.458 e. The summed E-state index contributed by atoms with van der Waals surface area (Å²) >= 11 is 0. The summed E-state index contributed by atoms with van der Waals surface area (Å²) in [5.74, 6) is -0.534. The van der Waals surface area contributed by atoms with E-state index in [-0.39, 0.29) is 11.9 Å². The quantitative estimate of drug-likeness (QED) is 0.750. The fourth-order valence-corrected chi connectivity index (χ4v) is 1.99. The molecule has 1 saturated heterocycles. The highest BCUT2D eigenvalue weighted by atomic mass is 16.6. The van der Waals surface area contributed by atoms with Crippen molar-refractivity contribution in [3.8, 4) is 0 Å². The highest BCUT2D eigenvalue weighted by molar-refractivity contribution is 5.90. The van der Waals surface area contributed by atoms with Crippen LogP contribution in [0.1, 0.15) is 47.5 Å². The molecule has 5 nitrogen and oxygen atoms in total. The molecule has 1 fully saturated rings. The lowest BCUT2D eigenvalue weighted by Crippen LogP contribution is -2.54. The van der Waals surface area contributed by atoms with Crippen molar-refractivity contribution in [3.63, 3.8) is 0 Å². The van der Waals surface area contributed by atoms with Crippen molar-refractivity contribution in [2.45, 2.75) is 64.6 Å². The van der Waals surface area contributed by atoms with E-state index in [1.165, 1.54) is 0 Å². The van der Waals surface area contributed by atoms with Crippen molar-refractivity contribution in [1.82, 2.24) is 4.90 Å². The van der Waals surface area contributed by atoms with Crippen LogP contribution in [-0.2, 0) is 14.3 Å². The zero-order chi connectivity index (χ0) is 14.1. The molecule has 1 unspecified atom stereocenters. The van der Waals surface area contributed by atoms with Gasteiger partial charge in [0.2, 0.25) is 5.91 Å². The first-order valence-corrected chi connectivity index (χ1v) is 6.35. The maximum absolute atomic E-state index is 12.1. The lowest BCUT2D eigenvalue weighted by atomic mass is 10.0. The van der Waals surface area contributed by atoms with Gasteiger partial charge in [0.05, 0.1) is 5.54 Å². The molecule has 0 saturated carbocycles.